The second kappa shape index (κ2) is 11.4. The van der Waals surface area contributed by atoms with Crippen LogP contribution in [0.1, 0.15) is 23.6 Å². The van der Waals surface area contributed by atoms with E-state index >= 15 is 0 Å². The van der Waals surface area contributed by atoms with Crippen LogP contribution in [0.15, 0.2) is 72.8 Å². The molecule has 0 bridgehead atoms. The van der Waals surface area contributed by atoms with Crippen molar-refractivity contribution in [3.63, 3.8) is 0 Å². The van der Waals surface area contributed by atoms with Crippen LogP contribution < -0.4 is 18.9 Å². The summed E-state index contributed by atoms with van der Waals surface area (Å²) in [5, 5.41) is 0. The van der Waals surface area contributed by atoms with E-state index in [1.807, 2.05) is 67.6 Å². The minimum Gasteiger partial charge on any atom is -0.493 e. The van der Waals surface area contributed by atoms with Gasteiger partial charge in [-0.3, -0.25) is 0 Å². The minimum atomic E-state index is -0.510. The van der Waals surface area contributed by atoms with Crippen LogP contribution in [0.2, 0.25) is 0 Å². The maximum atomic E-state index is 12.3. The molecule has 0 aromatic heterocycles. The zero-order valence-electron chi connectivity index (χ0n) is 18.4. The summed E-state index contributed by atoms with van der Waals surface area (Å²) in [6.45, 7) is 2.45. The number of carbonyl (C=O) groups is 1. The Morgan fingerprint density at radius 3 is 1.97 bits per heavy atom. The lowest BCUT2D eigenvalue weighted by molar-refractivity contribution is -0.129. The summed E-state index contributed by atoms with van der Waals surface area (Å²) < 4.78 is 21.7. The normalized spacial score (nSPS) is 11.0. The summed E-state index contributed by atoms with van der Waals surface area (Å²) in [5.74, 6) is 1.57. The fraction of sp³-hybridized carbons (Fsp3) is 0.148. The van der Waals surface area contributed by atoms with Gasteiger partial charge in [-0.05, 0) is 54.0 Å². The number of hydrogen-bond acceptors (Lipinski definition) is 5. The number of methoxy groups -OCH3 is 2. The van der Waals surface area contributed by atoms with Crippen molar-refractivity contribution in [3.05, 3.63) is 89.5 Å². The average molecular weight is 431 g/mol. The first-order valence-electron chi connectivity index (χ1n) is 10.2. The van der Waals surface area contributed by atoms with Crippen molar-refractivity contribution < 1.29 is 23.7 Å². The summed E-state index contributed by atoms with van der Waals surface area (Å²) in [4.78, 5) is 12.3. The fourth-order valence-corrected chi connectivity index (χ4v) is 3.00. The molecule has 0 aliphatic rings. The number of esters is 1. The predicted molar refractivity (Wildman–Crippen MR) is 127 cm³/mol. The molecule has 0 N–H and O–H groups in total. The summed E-state index contributed by atoms with van der Waals surface area (Å²) in [6, 6.07) is 20.8. The monoisotopic (exact) mass is 430 g/mol. The highest BCUT2D eigenvalue weighted by Gasteiger charge is 2.09. The highest BCUT2D eigenvalue weighted by molar-refractivity contribution is 5.89. The topological polar surface area (TPSA) is 54.0 Å². The summed E-state index contributed by atoms with van der Waals surface area (Å²) in [6.07, 6.45) is 7.00. The second-order valence-corrected chi connectivity index (χ2v) is 6.75. The Morgan fingerprint density at radius 2 is 1.31 bits per heavy atom. The van der Waals surface area contributed by atoms with Crippen molar-refractivity contribution >= 4 is 24.2 Å². The zero-order valence-corrected chi connectivity index (χ0v) is 18.4. The highest BCUT2D eigenvalue weighted by Crippen LogP contribution is 2.30. The number of carbonyl (C=O) groups excluding carboxylic acids is 1. The van der Waals surface area contributed by atoms with Gasteiger partial charge in [0.1, 0.15) is 0 Å². The molecule has 0 aliphatic heterocycles. The summed E-state index contributed by atoms with van der Waals surface area (Å²) in [7, 11) is 3.12. The third-order valence-corrected chi connectivity index (χ3v) is 4.57. The van der Waals surface area contributed by atoms with Crippen molar-refractivity contribution in [2.75, 3.05) is 20.8 Å². The highest BCUT2D eigenvalue weighted by atomic mass is 16.6. The van der Waals surface area contributed by atoms with E-state index in [-0.39, 0.29) is 0 Å². The van der Waals surface area contributed by atoms with E-state index in [1.165, 1.54) is 6.08 Å². The van der Waals surface area contributed by atoms with Crippen molar-refractivity contribution in [2.45, 2.75) is 6.92 Å². The van der Waals surface area contributed by atoms with E-state index in [0.717, 1.165) is 16.7 Å². The summed E-state index contributed by atoms with van der Waals surface area (Å²) in [5.41, 5.74) is 2.82. The van der Waals surface area contributed by atoms with Crippen LogP contribution in [-0.2, 0) is 4.79 Å². The van der Waals surface area contributed by atoms with Gasteiger partial charge in [-0.2, -0.15) is 0 Å². The zero-order chi connectivity index (χ0) is 22.8. The van der Waals surface area contributed by atoms with Crippen LogP contribution in [0.25, 0.3) is 18.2 Å². The molecule has 0 saturated carbocycles. The maximum absolute atomic E-state index is 12.3. The van der Waals surface area contributed by atoms with E-state index in [0.29, 0.717) is 29.6 Å². The average Bonchev–Trinajstić information content (AvgIpc) is 2.83. The van der Waals surface area contributed by atoms with Crippen LogP contribution >= 0.6 is 0 Å². The Labute approximate surface area is 188 Å². The van der Waals surface area contributed by atoms with Gasteiger partial charge in [0.25, 0.3) is 0 Å². The molecule has 0 fully saturated rings. The number of ether oxygens (including phenoxy) is 4. The van der Waals surface area contributed by atoms with Gasteiger partial charge in [0.2, 0.25) is 0 Å². The smallest absolute Gasteiger partial charge is 0.336 e. The molecule has 0 aliphatic carbocycles. The lowest BCUT2D eigenvalue weighted by Gasteiger charge is -2.10. The fourth-order valence-electron chi connectivity index (χ4n) is 3.00. The van der Waals surface area contributed by atoms with E-state index < -0.39 is 5.97 Å². The molecule has 0 spiro atoms. The van der Waals surface area contributed by atoms with Gasteiger partial charge in [0.05, 0.1) is 20.8 Å². The molecule has 0 unspecified atom stereocenters. The quantitative estimate of drug-likeness (QED) is 0.183. The van der Waals surface area contributed by atoms with Gasteiger partial charge in [-0.25, -0.2) is 4.79 Å². The van der Waals surface area contributed by atoms with E-state index in [1.54, 1.807) is 38.5 Å². The molecule has 3 aromatic rings. The SMILES string of the molecule is CCOc1ccc(/C=C/C(=O)Oc2ccc(/C=C\c3ccccc3)cc2OC)cc1OC. The van der Waals surface area contributed by atoms with Gasteiger partial charge < -0.3 is 18.9 Å². The largest absolute Gasteiger partial charge is 0.493 e. The van der Waals surface area contributed by atoms with Crippen molar-refractivity contribution in [2.24, 2.45) is 0 Å². The molecule has 0 radical (unpaired) electrons. The van der Waals surface area contributed by atoms with Crippen LogP contribution in [-0.4, -0.2) is 26.8 Å². The Kier molecular flexibility index (Phi) is 8.09. The van der Waals surface area contributed by atoms with Crippen molar-refractivity contribution in [1.82, 2.24) is 0 Å². The molecular formula is C27H26O5. The Hall–Kier alpha value is -3.99. The Morgan fingerprint density at radius 1 is 0.719 bits per heavy atom. The molecule has 32 heavy (non-hydrogen) atoms. The van der Waals surface area contributed by atoms with Gasteiger partial charge in [-0.1, -0.05) is 54.6 Å². The lowest BCUT2D eigenvalue weighted by atomic mass is 10.1. The molecule has 164 valence electrons. The first-order chi connectivity index (χ1) is 15.6. The van der Waals surface area contributed by atoms with Gasteiger partial charge in [-0.15, -0.1) is 0 Å². The number of hydrogen-bond donors (Lipinski definition) is 0. The van der Waals surface area contributed by atoms with Crippen LogP contribution in [0.3, 0.4) is 0 Å². The van der Waals surface area contributed by atoms with Crippen molar-refractivity contribution in [1.29, 1.82) is 0 Å². The molecule has 3 rings (SSSR count). The van der Waals surface area contributed by atoms with E-state index in [4.69, 9.17) is 18.9 Å². The molecule has 0 heterocycles. The number of benzene rings is 3. The maximum Gasteiger partial charge on any atom is 0.336 e. The minimum absolute atomic E-state index is 0.350. The second-order valence-electron chi connectivity index (χ2n) is 6.75. The summed E-state index contributed by atoms with van der Waals surface area (Å²) >= 11 is 0. The predicted octanol–water partition coefficient (Wildman–Crippen LogP) is 5.89. The van der Waals surface area contributed by atoms with E-state index in [9.17, 15) is 4.79 Å². The molecule has 5 nitrogen and oxygen atoms in total. The molecular weight excluding hydrogens is 404 g/mol. The number of rotatable bonds is 9. The standard InChI is InChI=1S/C27H26O5/c1-4-31-23-15-12-22(18-25(23)29-2)14-17-27(28)32-24-16-13-21(19-26(24)30-3)11-10-20-8-6-5-7-9-20/h5-19H,4H2,1-3H3/b11-10-,17-14+. The first-order valence-corrected chi connectivity index (χ1v) is 10.2. The van der Waals surface area contributed by atoms with Gasteiger partial charge in [0.15, 0.2) is 23.0 Å². The van der Waals surface area contributed by atoms with Crippen LogP contribution in [0.4, 0.5) is 0 Å². The first kappa shape index (κ1) is 22.7. The lowest BCUT2D eigenvalue weighted by Crippen LogP contribution is -2.05. The third kappa shape index (κ3) is 6.25. The Balaban J connectivity index is 1.68. The molecule has 3 aromatic carbocycles. The molecule has 5 heteroatoms. The Bertz CT molecular complexity index is 1100. The van der Waals surface area contributed by atoms with Gasteiger partial charge >= 0.3 is 5.97 Å². The van der Waals surface area contributed by atoms with Gasteiger partial charge in [0, 0.05) is 6.08 Å². The molecule has 0 amide bonds. The van der Waals surface area contributed by atoms with Crippen LogP contribution in [0, 0.1) is 0 Å². The molecule has 0 saturated heterocycles. The third-order valence-electron chi connectivity index (χ3n) is 4.57. The molecule has 0 atom stereocenters. The van der Waals surface area contributed by atoms with Crippen molar-refractivity contribution in [3.8, 4) is 23.0 Å². The van der Waals surface area contributed by atoms with E-state index in [2.05, 4.69) is 0 Å². The van der Waals surface area contributed by atoms with Crippen LogP contribution in [0.5, 0.6) is 23.0 Å².